The third-order valence-corrected chi connectivity index (χ3v) is 2.74. The maximum atomic E-state index is 11.7. The van der Waals surface area contributed by atoms with E-state index in [1.807, 2.05) is 4.98 Å². The van der Waals surface area contributed by atoms with Crippen LogP contribution in [0.2, 0.25) is 0 Å². The van der Waals surface area contributed by atoms with Crippen molar-refractivity contribution < 1.29 is 9.66 Å². The number of H-pyrrole nitrogens is 1. The van der Waals surface area contributed by atoms with Crippen LogP contribution in [-0.2, 0) is 6.54 Å². The fraction of sp³-hybridized carbons (Fsp3) is 0.250. The van der Waals surface area contributed by atoms with Crippen molar-refractivity contribution in [1.82, 2.24) is 14.5 Å². The molecule has 0 unspecified atom stereocenters. The van der Waals surface area contributed by atoms with Crippen LogP contribution in [0.15, 0.2) is 27.9 Å². The number of ether oxygens (including phenoxy) is 1. The van der Waals surface area contributed by atoms with E-state index in [1.165, 1.54) is 7.11 Å². The highest BCUT2D eigenvalue weighted by atomic mass is 16.6. The number of hydrogen-bond acceptors (Lipinski definition) is 6. The summed E-state index contributed by atoms with van der Waals surface area (Å²) >= 11 is 0. The zero-order chi connectivity index (χ0) is 15.6. The van der Waals surface area contributed by atoms with Crippen LogP contribution in [0.5, 0.6) is 5.75 Å². The zero-order valence-corrected chi connectivity index (χ0v) is 11.3. The predicted molar refractivity (Wildman–Crippen MR) is 72.6 cm³/mol. The molecule has 0 fully saturated rings. The summed E-state index contributed by atoms with van der Waals surface area (Å²) in [6.45, 7) is 1.73. The van der Waals surface area contributed by atoms with Crippen LogP contribution in [0.1, 0.15) is 11.4 Å². The third kappa shape index (κ3) is 3.14. The minimum atomic E-state index is -1.03. The Balaban J connectivity index is 2.47. The first-order valence-electron chi connectivity index (χ1n) is 5.90. The van der Waals surface area contributed by atoms with Crippen molar-refractivity contribution in [3.63, 3.8) is 0 Å². The lowest BCUT2D eigenvalue weighted by Gasteiger charge is -2.07. The molecule has 9 heteroatoms. The van der Waals surface area contributed by atoms with Gasteiger partial charge < -0.3 is 4.74 Å². The molecule has 1 N–H and O–H groups in total. The van der Waals surface area contributed by atoms with E-state index < -0.39 is 21.9 Å². The summed E-state index contributed by atoms with van der Waals surface area (Å²) in [5, 5.41) is 10.7. The fourth-order valence-corrected chi connectivity index (χ4v) is 1.82. The van der Waals surface area contributed by atoms with Crippen molar-refractivity contribution in [1.29, 1.82) is 0 Å². The normalized spacial score (nSPS) is 10.4. The summed E-state index contributed by atoms with van der Waals surface area (Å²) < 4.78 is 6.11. The molecule has 110 valence electrons. The number of rotatable bonds is 4. The average Bonchev–Trinajstić information content (AvgIpc) is 2.40. The minimum absolute atomic E-state index is 0.0194. The maximum absolute atomic E-state index is 11.7. The van der Waals surface area contributed by atoms with Gasteiger partial charge in [0.1, 0.15) is 5.75 Å². The summed E-state index contributed by atoms with van der Waals surface area (Å²) in [6.07, 6.45) is 0.900. The molecule has 21 heavy (non-hydrogen) atoms. The quantitative estimate of drug-likeness (QED) is 0.635. The van der Waals surface area contributed by atoms with Gasteiger partial charge in [-0.3, -0.25) is 29.4 Å². The zero-order valence-electron chi connectivity index (χ0n) is 11.3. The van der Waals surface area contributed by atoms with Crippen LogP contribution in [0.25, 0.3) is 0 Å². The second-order valence-electron chi connectivity index (χ2n) is 4.30. The highest BCUT2D eigenvalue weighted by Gasteiger charge is 2.15. The first-order chi connectivity index (χ1) is 9.90. The number of pyridine rings is 1. The number of hydrogen-bond donors (Lipinski definition) is 1. The Morgan fingerprint density at radius 3 is 2.76 bits per heavy atom. The van der Waals surface area contributed by atoms with Crippen LogP contribution in [0.3, 0.4) is 0 Å². The largest absolute Gasteiger partial charge is 0.497 e. The third-order valence-electron chi connectivity index (χ3n) is 2.74. The van der Waals surface area contributed by atoms with Gasteiger partial charge in [0.25, 0.3) is 0 Å². The van der Waals surface area contributed by atoms with Gasteiger partial charge in [-0.2, -0.15) is 0 Å². The van der Waals surface area contributed by atoms with Gasteiger partial charge in [-0.15, -0.1) is 0 Å². The topological polar surface area (TPSA) is 120 Å². The van der Waals surface area contributed by atoms with Crippen LogP contribution in [0.4, 0.5) is 5.69 Å². The van der Waals surface area contributed by atoms with E-state index in [2.05, 4.69) is 4.98 Å². The van der Waals surface area contributed by atoms with Gasteiger partial charge in [-0.1, -0.05) is 0 Å². The molecular weight excluding hydrogens is 280 g/mol. The van der Waals surface area contributed by atoms with Crippen molar-refractivity contribution in [2.24, 2.45) is 0 Å². The lowest BCUT2D eigenvalue weighted by Crippen LogP contribution is -2.31. The smallest absolute Gasteiger partial charge is 0.350 e. The number of aromatic amines is 1. The average molecular weight is 292 g/mol. The number of aromatic nitrogens is 3. The molecule has 2 heterocycles. The van der Waals surface area contributed by atoms with Crippen LogP contribution < -0.4 is 16.0 Å². The van der Waals surface area contributed by atoms with E-state index in [9.17, 15) is 19.7 Å². The Hall–Kier alpha value is -2.97. The second-order valence-corrected chi connectivity index (χ2v) is 4.30. The molecule has 0 saturated carbocycles. The summed E-state index contributed by atoms with van der Waals surface area (Å²) in [5.41, 5.74) is -1.32. The Morgan fingerprint density at radius 1 is 1.43 bits per heavy atom. The van der Waals surface area contributed by atoms with Crippen molar-refractivity contribution >= 4 is 5.69 Å². The Labute approximate surface area is 118 Å². The number of nitrogens with zero attached hydrogens (tertiary/aromatic N) is 3. The lowest BCUT2D eigenvalue weighted by atomic mass is 10.3. The molecule has 2 rings (SSSR count). The fourth-order valence-electron chi connectivity index (χ4n) is 1.82. The van der Waals surface area contributed by atoms with Gasteiger partial charge in [-0.05, 0) is 6.92 Å². The van der Waals surface area contributed by atoms with Crippen LogP contribution in [0, 0.1) is 17.0 Å². The molecule has 0 aliphatic rings. The SMILES string of the molecule is COc1cc(C)nc(Cn2cc([N+](=O)[O-])c(=O)[nH]c2=O)c1. The van der Waals surface area contributed by atoms with Crippen molar-refractivity contribution in [2.45, 2.75) is 13.5 Å². The standard InChI is InChI=1S/C12H12N4O5/c1-7-3-9(21-2)4-8(13-7)5-15-6-10(16(19)20)11(17)14-12(15)18/h3-4,6H,5H2,1-2H3,(H,14,17,18). The minimum Gasteiger partial charge on any atom is -0.497 e. The predicted octanol–water partition coefficient (Wildman–Crippen LogP) is 0.205. The van der Waals surface area contributed by atoms with Crippen LogP contribution in [-0.4, -0.2) is 26.6 Å². The van der Waals surface area contributed by atoms with E-state index in [-0.39, 0.29) is 6.54 Å². The Morgan fingerprint density at radius 2 is 2.14 bits per heavy atom. The molecule has 0 spiro atoms. The molecule has 0 bridgehead atoms. The van der Waals surface area contributed by atoms with E-state index >= 15 is 0 Å². The molecule has 0 radical (unpaired) electrons. The molecule has 0 aliphatic heterocycles. The molecule has 9 nitrogen and oxygen atoms in total. The van der Waals surface area contributed by atoms with Crippen molar-refractivity contribution in [3.05, 3.63) is 60.7 Å². The number of nitro groups is 1. The highest BCUT2D eigenvalue weighted by Crippen LogP contribution is 2.14. The molecule has 0 aliphatic carbocycles. The van der Waals surface area contributed by atoms with E-state index in [0.717, 1.165) is 10.8 Å². The van der Waals surface area contributed by atoms with Gasteiger partial charge in [0, 0.05) is 17.8 Å². The second kappa shape index (κ2) is 5.57. The van der Waals surface area contributed by atoms with Crippen molar-refractivity contribution in [3.8, 4) is 5.75 Å². The molecule has 0 amide bonds. The number of nitrogens with one attached hydrogen (secondary N) is 1. The molecular formula is C12H12N4O5. The lowest BCUT2D eigenvalue weighted by molar-refractivity contribution is -0.386. The van der Waals surface area contributed by atoms with Gasteiger partial charge in [-0.25, -0.2) is 4.79 Å². The summed E-state index contributed by atoms with van der Waals surface area (Å²) in [5.74, 6) is 0.560. The highest BCUT2D eigenvalue weighted by molar-refractivity contribution is 5.27. The summed E-state index contributed by atoms with van der Waals surface area (Å²) in [4.78, 5) is 39.0. The molecule has 0 aromatic carbocycles. The molecule has 0 atom stereocenters. The molecule has 0 saturated heterocycles. The summed E-state index contributed by atoms with van der Waals surface area (Å²) in [6, 6.07) is 3.32. The van der Waals surface area contributed by atoms with E-state index in [0.29, 0.717) is 17.1 Å². The maximum Gasteiger partial charge on any atom is 0.350 e. The van der Waals surface area contributed by atoms with Gasteiger partial charge in [0.05, 0.1) is 30.5 Å². The van der Waals surface area contributed by atoms with Crippen molar-refractivity contribution in [2.75, 3.05) is 7.11 Å². The first-order valence-corrected chi connectivity index (χ1v) is 5.90. The van der Waals surface area contributed by atoms with Gasteiger partial charge in [0.15, 0.2) is 0 Å². The van der Waals surface area contributed by atoms with Crippen LogP contribution >= 0.6 is 0 Å². The Bertz CT molecular complexity index is 808. The van der Waals surface area contributed by atoms with Gasteiger partial charge in [0.2, 0.25) is 0 Å². The molecule has 2 aromatic rings. The van der Waals surface area contributed by atoms with E-state index in [4.69, 9.17) is 4.74 Å². The van der Waals surface area contributed by atoms with Gasteiger partial charge >= 0.3 is 16.9 Å². The number of aryl methyl sites for hydroxylation is 1. The first kappa shape index (κ1) is 14.4. The monoisotopic (exact) mass is 292 g/mol. The molecule has 2 aromatic heterocycles. The Kier molecular flexibility index (Phi) is 3.83. The van der Waals surface area contributed by atoms with E-state index in [1.54, 1.807) is 19.1 Å². The summed E-state index contributed by atoms with van der Waals surface area (Å²) in [7, 11) is 1.50. The number of methoxy groups -OCH3 is 1.